The second kappa shape index (κ2) is 14.0. The third-order valence-electron chi connectivity index (χ3n) is 7.64. The van der Waals surface area contributed by atoms with Crippen molar-refractivity contribution in [1.82, 2.24) is 14.7 Å². The zero-order chi connectivity index (χ0) is 28.5. The predicted molar refractivity (Wildman–Crippen MR) is 156 cm³/mol. The molecule has 0 aromatic heterocycles. The van der Waals surface area contributed by atoms with E-state index in [0.717, 1.165) is 36.4 Å². The number of nitrogens with zero attached hydrogens (tertiary/aromatic N) is 6. The molecule has 1 N–H and O–H groups in total. The molecule has 2 aromatic rings. The van der Waals surface area contributed by atoms with Gasteiger partial charge >= 0.3 is 0 Å². The molecule has 0 saturated carbocycles. The Morgan fingerprint density at radius 2 is 1.60 bits per heavy atom. The van der Waals surface area contributed by atoms with Crippen LogP contribution in [0.2, 0.25) is 0 Å². The van der Waals surface area contributed by atoms with Crippen LogP contribution in [0.15, 0.2) is 53.9 Å². The SMILES string of the molecule is Cc1cc(C)cc(CN2CCN(CCC(=O)N(CCO)c3cccc(CN4CCCCC4)c3)C2=C(C#N)C#N)c1. The fourth-order valence-electron chi connectivity index (χ4n) is 5.91. The number of allylic oxidation sites excluding steroid dienone is 1. The molecule has 2 heterocycles. The molecular weight excluding hydrogens is 500 g/mol. The topological polar surface area (TPSA) is 97.8 Å². The molecule has 8 nitrogen and oxygen atoms in total. The Bertz CT molecular complexity index is 1260. The van der Waals surface area contributed by atoms with Crippen LogP contribution in [0, 0.1) is 36.5 Å². The summed E-state index contributed by atoms with van der Waals surface area (Å²) >= 11 is 0. The highest BCUT2D eigenvalue weighted by Gasteiger charge is 2.29. The van der Waals surface area contributed by atoms with Gasteiger partial charge in [-0.3, -0.25) is 9.69 Å². The molecule has 0 spiro atoms. The number of rotatable bonds is 10. The van der Waals surface area contributed by atoms with Gasteiger partial charge in [0.2, 0.25) is 5.91 Å². The Hall–Kier alpha value is -3.85. The molecule has 0 radical (unpaired) electrons. The smallest absolute Gasteiger partial charge is 0.228 e. The van der Waals surface area contributed by atoms with Crippen LogP contribution in [0.1, 0.15) is 47.9 Å². The quantitative estimate of drug-likeness (QED) is 0.454. The molecule has 0 aliphatic carbocycles. The summed E-state index contributed by atoms with van der Waals surface area (Å²) in [5, 5.41) is 29.2. The first kappa shape index (κ1) is 29.1. The number of amides is 1. The van der Waals surface area contributed by atoms with E-state index in [2.05, 4.69) is 66.1 Å². The second-order valence-corrected chi connectivity index (χ2v) is 10.9. The Morgan fingerprint density at radius 3 is 2.27 bits per heavy atom. The third kappa shape index (κ3) is 7.41. The summed E-state index contributed by atoms with van der Waals surface area (Å²) in [4.78, 5) is 21.6. The first-order valence-electron chi connectivity index (χ1n) is 14.3. The number of piperidine rings is 1. The number of benzene rings is 2. The van der Waals surface area contributed by atoms with Crippen molar-refractivity contribution in [1.29, 1.82) is 10.5 Å². The maximum atomic E-state index is 13.5. The van der Waals surface area contributed by atoms with Gasteiger partial charge in [0.1, 0.15) is 18.0 Å². The Kier molecular flexibility index (Phi) is 10.2. The summed E-state index contributed by atoms with van der Waals surface area (Å²) in [7, 11) is 0. The van der Waals surface area contributed by atoms with Crippen molar-refractivity contribution in [2.24, 2.45) is 0 Å². The maximum Gasteiger partial charge on any atom is 0.228 e. The number of carbonyl (C=O) groups excluding carboxylic acids is 1. The first-order chi connectivity index (χ1) is 19.4. The van der Waals surface area contributed by atoms with Crippen molar-refractivity contribution in [3.8, 4) is 12.1 Å². The molecule has 2 aliphatic heterocycles. The number of nitriles is 2. The Balaban J connectivity index is 1.46. The molecular formula is C32H40N6O2. The van der Waals surface area contributed by atoms with E-state index >= 15 is 0 Å². The van der Waals surface area contributed by atoms with Gasteiger partial charge in [-0.25, -0.2) is 0 Å². The largest absolute Gasteiger partial charge is 0.395 e. The highest BCUT2D eigenvalue weighted by molar-refractivity contribution is 5.93. The van der Waals surface area contributed by atoms with Crippen molar-refractivity contribution in [2.45, 2.75) is 52.6 Å². The van der Waals surface area contributed by atoms with Gasteiger partial charge in [0, 0.05) is 51.4 Å². The van der Waals surface area contributed by atoms with Crippen LogP contribution < -0.4 is 4.90 Å². The number of likely N-dealkylation sites (tertiary alicyclic amines) is 1. The molecule has 2 aromatic carbocycles. The van der Waals surface area contributed by atoms with Crippen molar-refractivity contribution in [3.05, 3.63) is 76.1 Å². The molecule has 0 bridgehead atoms. The van der Waals surface area contributed by atoms with Gasteiger partial charge in [0.05, 0.1) is 6.61 Å². The fourth-order valence-corrected chi connectivity index (χ4v) is 5.91. The summed E-state index contributed by atoms with van der Waals surface area (Å²) in [5.41, 5.74) is 5.49. The van der Waals surface area contributed by atoms with Gasteiger partial charge in [-0.2, -0.15) is 10.5 Å². The minimum absolute atomic E-state index is 0.0620. The maximum absolute atomic E-state index is 13.5. The zero-order valence-electron chi connectivity index (χ0n) is 23.8. The molecule has 4 rings (SSSR count). The molecule has 2 saturated heterocycles. The third-order valence-corrected chi connectivity index (χ3v) is 7.64. The van der Waals surface area contributed by atoms with Crippen LogP contribution in [-0.4, -0.2) is 71.6 Å². The van der Waals surface area contributed by atoms with E-state index in [1.54, 1.807) is 4.90 Å². The van der Waals surface area contributed by atoms with Crippen LogP contribution in [0.25, 0.3) is 0 Å². The Morgan fingerprint density at radius 1 is 0.900 bits per heavy atom. The lowest BCUT2D eigenvalue weighted by Crippen LogP contribution is -2.36. The van der Waals surface area contributed by atoms with E-state index in [1.807, 2.05) is 17.0 Å². The second-order valence-electron chi connectivity index (χ2n) is 10.9. The van der Waals surface area contributed by atoms with Crippen molar-refractivity contribution in [3.63, 3.8) is 0 Å². The molecule has 8 heteroatoms. The number of anilines is 1. The number of hydrogen-bond acceptors (Lipinski definition) is 7. The summed E-state index contributed by atoms with van der Waals surface area (Å²) in [6.07, 6.45) is 3.95. The minimum atomic E-state index is -0.131. The molecule has 0 atom stereocenters. The van der Waals surface area contributed by atoms with Crippen LogP contribution in [0.5, 0.6) is 0 Å². The molecule has 2 aliphatic rings. The lowest BCUT2D eigenvalue weighted by atomic mass is 10.1. The van der Waals surface area contributed by atoms with E-state index < -0.39 is 0 Å². The monoisotopic (exact) mass is 540 g/mol. The number of carbonyl (C=O) groups is 1. The lowest BCUT2D eigenvalue weighted by Gasteiger charge is -2.28. The summed E-state index contributed by atoms with van der Waals surface area (Å²) in [6, 6.07) is 18.5. The number of aryl methyl sites for hydroxylation is 2. The number of hydrogen-bond donors (Lipinski definition) is 1. The standard InChI is InChI=1S/C32H40N6O2/c1-25-17-26(2)19-28(18-25)24-37-14-13-36(32(37)29(21-33)22-34)12-9-31(40)38(15-16-39)30-8-6-7-27(20-30)23-35-10-4-3-5-11-35/h6-8,17-20,39H,3-5,9-16,23-24H2,1-2H3. The lowest BCUT2D eigenvalue weighted by molar-refractivity contribution is -0.119. The van der Waals surface area contributed by atoms with Gasteiger partial charge in [0.25, 0.3) is 0 Å². The zero-order valence-corrected chi connectivity index (χ0v) is 23.8. The van der Waals surface area contributed by atoms with E-state index in [9.17, 15) is 20.4 Å². The van der Waals surface area contributed by atoms with Crippen LogP contribution in [0.3, 0.4) is 0 Å². The Labute approximate surface area is 238 Å². The molecule has 40 heavy (non-hydrogen) atoms. The average Bonchev–Trinajstić information content (AvgIpc) is 3.33. The normalized spacial score (nSPS) is 15.6. The summed E-state index contributed by atoms with van der Waals surface area (Å²) in [6.45, 7) is 9.55. The number of aliphatic hydroxyl groups is 1. The van der Waals surface area contributed by atoms with Gasteiger partial charge in [-0.05, 0) is 63.0 Å². The van der Waals surface area contributed by atoms with Crippen LogP contribution in [0.4, 0.5) is 5.69 Å². The van der Waals surface area contributed by atoms with Gasteiger partial charge in [-0.1, -0.05) is 47.9 Å². The van der Waals surface area contributed by atoms with Gasteiger partial charge < -0.3 is 19.8 Å². The van der Waals surface area contributed by atoms with E-state index in [0.29, 0.717) is 32.0 Å². The summed E-state index contributed by atoms with van der Waals surface area (Å²) < 4.78 is 0. The van der Waals surface area contributed by atoms with Crippen molar-refractivity contribution >= 4 is 11.6 Å². The molecule has 1 amide bonds. The van der Waals surface area contributed by atoms with Crippen LogP contribution >= 0.6 is 0 Å². The fraction of sp³-hybridized carbons (Fsp3) is 0.469. The van der Waals surface area contributed by atoms with E-state index in [4.69, 9.17) is 0 Å². The number of aliphatic hydroxyl groups excluding tert-OH is 1. The average molecular weight is 541 g/mol. The first-order valence-corrected chi connectivity index (χ1v) is 14.3. The highest BCUT2D eigenvalue weighted by atomic mass is 16.3. The molecule has 210 valence electrons. The van der Waals surface area contributed by atoms with Crippen molar-refractivity contribution in [2.75, 3.05) is 50.8 Å². The summed E-state index contributed by atoms with van der Waals surface area (Å²) in [5.74, 6) is 0.501. The minimum Gasteiger partial charge on any atom is -0.395 e. The molecule has 2 fully saturated rings. The predicted octanol–water partition coefficient (Wildman–Crippen LogP) is 4.08. The highest BCUT2D eigenvalue weighted by Crippen LogP contribution is 2.26. The molecule has 0 unspecified atom stereocenters. The van der Waals surface area contributed by atoms with Gasteiger partial charge in [0.15, 0.2) is 5.57 Å². The van der Waals surface area contributed by atoms with Crippen molar-refractivity contribution < 1.29 is 9.90 Å². The van der Waals surface area contributed by atoms with E-state index in [1.165, 1.54) is 30.4 Å². The van der Waals surface area contributed by atoms with Gasteiger partial charge in [-0.15, -0.1) is 0 Å². The van der Waals surface area contributed by atoms with Crippen LogP contribution in [-0.2, 0) is 17.9 Å². The van der Waals surface area contributed by atoms with E-state index in [-0.39, 0.29) is 31.1 Å².